The van der Waals surface area contributed by atoms with Crippen molar-refractivity contribution in [2.24, 2.45) is 0 Å². The van der Waals surface area contributed by atoms with Crippen LogP contribution in [-0.4, -0.2) is 4.57 Å². The lowest BCUT2D eigenvalue weighted by Crippen LogP contribution is -2.12. The predicted octanol–water partition coefficient (Wildman–Crippen LogP) is 16.9. The normalized spacial score (nSPS) is 11.8. The molecule has 0 saturated carbocycles. The number of rotatable bonds is 6. The van der Waals surface area contributed by atoms with Crippen LogP contribution in [0.3, 0.4) is 0 Å². The molecule has 3 nitrogen and oxygen atoms in total. The van der Waals surface area contributed by atoms with Crippen LogP contribution >= 0.6 is 0 Å². The first-order valence-electron chi connectivity index (χ1n) is 21.6. The van der Waals surface area contributed by atoms with Gasteiger partial charge in [0, 0.05) is 44.5 Å². The van der Waals surface area contributed by atoms with Crippen molar-refractivity contribution in [3.8, 4) is 27.9 Å². The molecular weight excluding hydrogens is 765 g/mol. The van der Waals surface area contributed by atoms with Gasteiger partial charge in [0.25, 0.3) is 0 Å². The zero-order chi connectivity index (χ0) is 41.4. The molecule has 0 N–H and O–H groups in total. The molecule has 0 bridgehead atoms. The summed E-state index contributed by atoms with van der Waals surface area (Å²) in [4.78, 5) is 2.52. The Morgan fingerprint density at radius 1 is 0.365 bits per heavy atom. The van der Waals surface area contributed by atoms with Gasteiger partial charge in [-0.3, -0.25) is 0 Å². The van der Waals surface area contributed by atoms with Crippen LogP contribution in [0.25, 0.3) is 104 Å². The zero-order valence-electron chi connectivity index (χ0n) is 34.2. The molecule has 0 amide bonds. The van der Waals surface area contributed by atoms with Crippen molar-refractivity contribution < 1.29 is 4.42 Å². The average molecular weight is 803 g/mol. The number of benzene rings is 11. The number of hydrogen-bond acceptors (Lipinski definition) is 2. The van der Waals surface area contributed by atoms with E-state index in [-0.39, 0.29) is 0 Å². The molecule has 0 atom stereocenters. The molecule has 0 spiro atoms. The number of anilines is 3. The molecule has 294 valence electrons. The van der Waals surface area contributed by atoms with Crippen molar-refractivity contribution in [2.45, 2.75) is 0 Å². The van der Waals surface area contributed by atoms with E-state index in [4.69, 9.17) is 4.42 Å². The van der Waals surface area contributed by atoms with Crippen LogP contribution in [0.4, 0.5) is 17.1 Å². The number of hydrogen-bond donors (Lipinski definition) is 0. The SMILES string of the molecule is c1ccc(-c2ccc(N(c3cc4ccccc4c4ccccc34)c3c4c(cc5c3c3cccc(-c6ccc7ccccc7c6)c3n5-c3ccccc3)oc3ccccc34)cc2)cc1. The zero-order valence-corrected chi connectivity index (χ0v) is 34.2. The van der Waals surface area contributed by atoms with Gasteiger partial charge < -0.3 is 13.9 Å². The van der Waals surface area contributed by atoms with Crippen LogP contribution in [0.5, 0.6) is 0 Å². The summed E-state index contributed by atoms with van der Waals surface area (Å²) in [5, 5.41) is 11.7. The maximum absolute atomic E-state index is 6.97. The summed E-state index contributed by atoms with van der Waals surface area (Å²) in [7, 11) is 0. The first kappa shape index (κ1) is 35.4. The Morgan fingerprint density at radius 3 is 1.79 bits per heavy atom. The average Bonchev–Trinajstić information content (AvgIpc) is 3.90. The van der Waals surface area contributed by atoms with E-state index in [0.29, 0.717) is 0 Å². The maximum Gasteiger partial charge on any atom is 0.139 e. The number of para-hydroxylation sites is 3. The van der Waals surface area contributed by atoms with Gasteiger partial charge in [-0.15, -0.1) is 0 Å². The van der Waals surface area contributed by atoms with Crippen molar-refractivity contribution in [3.05, 3.63) is 231 Å². The summed E-state index contributed by atoms with van der Waals surface area (Å²) in [6, 6.07) is 83.6. The van der Waals surface area contributed by atoms with Crippen LogP contribution in [0, 0.1) is 0 Å². The summed E-state index contributed by atoms with van der Waals surface area (Å²) in [6.07, 6.45) is 0. The summed E-state index contributed by atoms with van der Waals surface area (Å²) >= 11 is 0. The summed E-state index contributed by atoms with van der Waals surface area (Å²) in [6.45, 7) is 0. The van der Waals surface area contributed by atoms with Gasteiger partial charge in [-0.25, -0.2) is 0 Å². The van der Waals surface area contributed by atoms with E-state index in [1.54, 1.807) is 0 Å². The number of furan rings is 1. The fourth-order valence-electron chi connectivity index (χ4n) is 10.1. The lowest BCUT2D eigenvalue weighted by atomic mass is 9.96. The standard InChI is InChI=1S/C60H38N2O/c1-3-16-39(17-4-1)41-32-34-46(35-33-41)61(53-37-43-20-9-10-23-47(43)49-24-11-12-25-50(49)53)60-57-52-28-15-27-48(44-31-30-40-18-7-8-19-42(40)36-44)59(52)62(45-21-5-2-6-22-45)54(57)38-56-58(60)51-26-13-14-29-55(51)63-56/h1-38H. The van der Waals surface area contributed by atoms with E-state index >= 15 is 0 Å². The second-order valence-corrected chi connectivity index (χ2v) is 16.4. The van der Waals surface area contributed by atoms with Crippen LogP contribution in [0.2, 0.25) is 0 Å². The van der Waals surface area contributed by atoms with Gasteiger partial charge in [-0.2, -0.15) is 0 Å². The lowest BCUT2D eigenvalue weighted by molar-refractivity contribution is 0.669. The Bertz CT molecular complexity index is 3900. The molecular formula is C60H38N2O. The fraction of sp³-hybridized carbons (Fsp3) is 0. The Hall–Kier alpha value is -8.40. The van der Waals surface area contributed by atoms with Crippen molar-refractivity contribution in [3.63, 3.8) is 0 Å². The van der Waals surface area contributed by atoms with E-state index in [0.717, 1.165) is 66.5 Å². The molecule has 63 heavy (non-hydrogen) atoms. The minimum atomic E-state index is 0.835. The van der Waals surface area contributed by atoms with E-state index in [2.05, 4.69) is 240 Å². The van der Waals surface area contributed by atoms with Crippen molar-refractivity contribution in [1.82, 2.24) is 4.57 Å². The van der Waals surface area contributed by atoms with Gasteiger partial charge in [0.1, 0.15) is 11.2 Å². The number of aromatic nitrogens is 1. The minimum Gasteiger partial charge on any atom is -0.456 e. The third-order valence-electron chi connectivity index (χ3n) is 12.9. The highest BCUT2D eigenvalue weighted by atomic mass is 16.3. The minimum absolute atomic E-state index is 0.835. The summed E-state index contributed by atoms with van der Waals surface area (Å²) in [5.74, 6) is 0. The summed E-state index contributed by atoms with van der Waals surface area (Å²) < 4.78 is 9.43. The molecule has 13 rings (SSSR count). The first-order chi connectivity index (χ1) is 31.3. The Morgan fingerprint density at radius 2 is 0.984 bits per heavy atom. The van der Waals surface area contributed by atoms with Crippen LogP contribution < -0.4 is 4.90 Å². The number of nitrogens with zero attached hydrogens (tertiary/aromatic N) is 2. The van der Waals surface area contributed by atoms with Crippen LogP contribution in [0.15, 0.2) is 235 Å². The second kappa shape index (κ2) is 14.1. The Balaban J connectivity index is 1.23. The van der Waals surface area contributed by atoms with Crippen molar-refractivity contribution >= 4 is 93.1 Å². The summed E-state index contributed by atoms with van der Waals surface area (Å²) in [5.41, 5.74) is 12.9. The van der Waals surface area contributed by atoms with E-state index in [1.807, 2.05) is 0 Å². The van der Waals surface area contributed by atoms with E-state index in [1.165, 1.54) is 54.6 Å². The number of fused-ring (bicyclic) bond motifs is 10. The van der Waals surface area contributed by atoms with Crippen molar-refractivity contribution in [1.29, 1.82) is 0 Å². The molecule has 13 aromatic rings. The molecule has 0 unspecified atom stereocenters. The molecule has 0 saturated heterocycles. The third kappa shape index (κ3) is 5.53. The molecule has 0 radical (unpaired) electrons. The van der Waals surface area contributed by atoms with E-state index < -0.39 is 0 Å². The van der Waals surface area contributed by atoms with Gasteiger partial charge in [0.2, 0.25) is 0 Å². The Labute approximate surface area is 363 Å². The van der Waals surface area contributed by atoms with Gasteiger partial charge in [0.15, 0.2) is 0 Å². The highest BCUT2D eigenvalue weighted by Crippen LogP contribution is 2.53. The van der Waals surface area contributed by atoms with Gasteiger partial charge in [0.05, 0.1) is 27.8 Å². The molecule has 0 fully saturated rings. The molecule has 2 aromatic heterocycles. The molecule has 0 aliphatic rings. The third-order valence-corrected chi connectivity index (χ3v) is 12.9. The molecule has 11 aromatic carbocycles. The largest absolute Gasteiger partial charge is 0.456 e. The highest BCUT2D eigenvalue weighted by Gasteiger charge is 2.29. The van der Waals surface area contributed by atoms with Gasteiger partial charge in [-0.1, -0.05) is 182 Å². The van der Waals surface area contributed by atoms with E-state index in [9.17, 15) is 0 Å². The smallest absolute Gasteiger partial charge is 0.139 e. The predicted molar refractivity (Wildman–Crippen MR) is 266 cm³/mol. The molecule has 0 aliphatic carbocycles. The Kier molecular flexibility index (Phi) is 7.91. The molecule has 3 heteroatoms. The van der Waals surface area contributed by atoms with Crippen molar-refractivity contribution in [2.75, 3.05) is 4.90 Å². The van der Waals surface area contributed by atoms with Crippen LogP contribution in [0.1, 0.15) is 0 Å². The van der Waals surface area contributed by atoms with Gasteiger partial charge in [-0.05, 0) is 86.1 Å². The van der Waals surface area contributed by atoms with Gasteiger partial charge >= 0.3 is 0 Å². The topological polar surface area (TPSA) is 21.3 Å². The quantitative estimate of drug-likeness (QED) is 0.156. The lowest BCUT2D eigenvalue weighted by Gasteiger charge is -2.29. The van der Waals surface area contributed by atoms with Crippen LogP contribution in [-0.2, 0) is 0 Å². The monoisotopic (exact) mass is 802 g/mol. The first-order valence-corrected chi connectivity index (χ1v) is 21.6. The fourth-order valence-corrected chi connectivity index (χ4v) is 10.1. The molecule has 0 aliphatic heterocycles. The molecule has 2 heterocycles. The highest BCUT2D eigenvalue weighted by molar-refractivity contribution is 6.30. The second-order valence-electron chi connectivity index (χ2n) is 16.4. The maximum atomic E-state index is 6.97.